The molecule has 1 aliphatic heterocycles. The molecule has 3 rings (SSSR count). The fourth-order valence-corrected chi connectivity index (χ4v) is 3.96. The van der Waals surface area contributed by atoms with E-state index in [9.17, 15) is 8.42 Å². The Hall–Kier alpha value is -2.12. The fraction of sp³-hybridized carbons (Fsp3) is 0.353. The lowest BCUT2D eigenvalue weighted by molar-refractivity contribution is 0.468. The molecule has 0 radical (unpaired) electrons. The number of sulfonamides is 1. The average Bonchev–Trinajstić information content (AvgIpc) is 3.01. The molecule has 0 saturated carbocycles. The molecule has 24 heavy (non-hydrogen) atoms. The Morgan fingerprint density at radius 2 is 2.08 bits per heavy atom. The zero-order valence-corrected chi connectivity index (χ0v) is 14.5. The summed E-state index contributed by atoms with van der Waals surface area (Å²) in [7, 11) is -1.58. The molecule has 1 fully saturated rings. The normalized spacial score (nSPS) is 19.0. The standard InChI is InChI=1S/C17H22N4O2S/c1-20-14-17(12-18-20)21-10-5-8-16(13-21)19-24(22,23)11-9-15-6-3-2-4-7-15/h2-4,6-7,9,11-12,14,16,19H,5,8,10,13H2,1H3. The smallest absolute Gasteiger partial charge is 0.234 e. The number of nitrogens with one attached hydrogen (secondary N) is 1. The Bertz CT molecular complexity index is 799. The lowest BCUT2D eigenvalue weighted by atomic mass is 10.1. The van der Waals surface area contributed by atoms with Crippen LogP contribution >= 0.6 is 0 Å². The van der Waals surface area contributed by atoms with E-state index in [2.05, 4.69) is 14.7 Å². The van der Waals surface area contributed by atoms with Gasteiger partial charge in [-0.25, -0.2) is 13.1 Å². The first-order valence-corrected chi connectivity index (χ1v) is 9.55. The lowest BCUT2D eigenvalue weighted by Gasteiger charge is -2.33. The number of rotatable bonds is 5. The number of hydrogen-bond donors (Lipinski definition) is 1. The van der Waals surface area contributed by atoms with Crippen LogP contribution < -0.4 is 9.62 Å². The minimum atomic E-state index is -3.46. The van der Waals surface area contributed by atoms with Crippen LogP contribution in [0.2, 0.25) is 0 Å². The first-order valence-electron chi connectivity index (χ1n) is 8.01. The maximum Gasteiger partial charge on any atom is 0.234 e. The van der Waals surface area contributed by atoms with Crippen molar-refractivity contribution in [2.75, 3.05) is 18.0 Å². The molecule has 1 aliphatic rings. The molecule has 128 valence electrons. The zero-order valence-electron chi connectivity index (χ0n) is 13.7. The number of aryl methyl sites for hydroxylation is 1. The van der Waals surface area contributed by atoms with E-state index >= 15 is 0 Å². The van der Waals surface area contributed by atoms with Crippen molar-refractivity contribution in [2.24, 2.45) is 7.05 Å². The molecule has 0 aliphatic carbocycles. The Kier molecular flexibility index (Phi) is 5.01. The van der Waals surface area contributed by atoms with E-state index in [1.54, 1.807) is 10.8 Å². The Labute approximate surface area is 142 Å². The van der Waals surface area contributed by atoms with Gasteiger partial charge in [-0.15, -0.1) is 0 Å². The average molecular weight is 346 g/mol. The Morgan fingerprint density at radius 1 is 1.29 bits per heavy atom. The van der Waals surface area contributed by atoms with Gasteiger partial charge in [-0.3, -0.25) is 4.68 Å². The van der Waals surface area contributed by atoms with Crippen molar-refractivity contribution in [3.63, 3.8) is 0 Å². The Balaban J connectivity index is 1.63. The molecule has 2 heterocycles. The molecule has 1 aromatic heterocycles. The van der Waals surface area contributed by atoms with E-state index in [0.717, 1.165) is 30.6 Å². The fourth-order valence-electron chi connectivity index (χ4n) is 2.88. The van der Waals surface area contributed by atoms with Gasteiger partial charge < -0.3 is 4.90 Å². The summed E-state index contributed by atoms with van der Waals surface area (Å²) in [5.41, 5.74) is 1.89. The van der Waals surface area contributed by atoms with Crippen LogP contribution in [-0.4, -0.2) is 37.3 Å². The largest absolute Gasteiger partial charge is 0.367 e. The van der Waals surface area contributed by atoms with Crippen molar-refractivity contribution in [3.8, 4) is 0 Å². The van der Waals surface area contributed by atoms with E-state index in [4.69, 9.17) is 0 Å². The molecule has 0 amide bonds. The second-order valence-electron chi connectivity index (χ2n) is 6.03. The highest BCUT2D eigenvalue weighted by Crippen LogP contribution is 2.19. The van der Waals surface area contributed by atoms with E-state index in [1.165, 1.54) is 5.41 Å². The minimum Gasteiger partial charge on any atom is -0.367 e. The van der Waals surface area contributed by atoms with Crippen molar-refractivity contribution in [1.82, 2.24) is 14.5 Å². The number of hydrogen-bond acceptors (Lipinski definition) is 4. The first-order chi connectivity index (χ1) is 11.5. The van der Waals surface area contributed by atoms with Gasteiger partial charge in [0.25, 0.3) is 0 Å². The van der Waals surface area contributed by atoms with Crippen LogP contribution in [0.5, 0.6) is 0 Å². The molecular formula is C17H22N4O2S. The summed E-state index contributed by atoms with van der Waals surface area (Å²) in [5.74, 6) is 0. The van der Waals surface area contributed by atoms with Crippen LogP contribution in [0.4, 0.5) is 5.69 Å². The van der Waals surface area contributed by atoms with E-state index in [0.29, 0.717) is 6.54 Å². The summed E-state index contributed by atoms with van der Waals surface area (Å²) in [4.78, 5) is 2.17. The topological polar surface area (TPSA) is 67.2 Å². The molecule has 0 bridgehead atoms. The van der Waals surface area contributed by atoms with Crippen LogP contribution in [0.15, 0.2) is 48.1 Å². The van der Waals surface area contributed by atoms with Gasteiger partial charge in [0, 0.05) is 37.8 Å². The number of benzene rings is 1. The number of piperidine rings is 1. The van der Waals surface area contributed by atoms with Gasteiger partial charge in [-0.1, -0.05) is 30.3 Å². The molecule has 0 spiro atoms. The van der Waals surface area contributed by atoms with Crippen molar-refractivity contribution in [3.05, 3.63) is 53.7 Å². The van der Waals surface area contributed by atoms with E-state index in [-0.39, 0.29) is 6.04 Å². The predicted octanol–water partition coefficient (Wildman–Crippen LogP) is 1.98. The third-order valence-corrected chi connectivity index (χ3v) is 5.20. The molecule has 1 saturated heterocycles. The maximum atomic E-state index is 12.3. The highest BCUT2D eigenvalue weighted by molar-refractivity contribution is 7.92. The molecule has 1 N–H and O–H groups in total. The van der Waals surface area contributed by atoms with Gasteiger partial charge in [0.2, 0.25) is 10.0 Å². The summed E-state index contributed by atoms with van der Waals surface area (Å²) in [6.45, 7) is 1.58. The third kappa shape index (κ3) is 4.46. The molecule has 1 aromatic carbocycles. The van der Waals surface area contributed by atoms with Crippen LogP contribution in [0, 0.1) is 0 Å². The van der Waals surface area contributed by atoms with Gasteiger partial charge in [0.05, 0.1) is 11.9 Å². The maximum absolute atomic E-state index is 12.3. The second-order valence-corrected chi connectivity index (χ2v) is 7.63. The van der Waals surface area contributed by atoms with Crippen molar-refractivity contribution >= 4 is 21.8 Å². The van der Waals surface area contributed by atoms with Crippen LogP contribution in [-0.2, 0) is 17.1 Å². The first kappa shape index (κ1) is 16.7. The van der Waals surface area contributed by atoms with Gasteiger partial charge in [-0.2, -0.15) is 5.10 Å². The molecule has 1 atom stereocenters. The third-order valence-electron chi connectivity index (χ3n) is 4.05. The van der Waals surface area contributed by atoms with Crippen molar-refractivity contribution < 1.29 is 8.42 Å². The summed E-state index contributed by atoms with van der Waals surface area (Å²) < 4.78 is 29.1. The molecule has 7 heteroatoms. The lowest BCUT2D eigenvalue weighted by Crippen LogP contribution is -2.47. The molecule has 1 unspecified atom stereocenters. The van der Waals surface area contributed by atoms with E-state index in [1.807, 2.05) is 49.8 Å². The second kappa shape index (κ2) is 7.19. The highest BCUT2D eigenvalue weighted by Gasteiger charge is 2.23. The monoisotopic (exact) mass is 346 g/mol. The SMILES string of the molecule is Cn1cc(N2CCCC(NS(=O)(=O)C=Cc3ccccc3)C2)cn1. The molecule has 2 aromatic rings. The van der Waals surface area contributed by atoms with Crippen molar-refractivity contribution in [2.45, 2.75) is 18.9 Å². The zero-order chi connectivity index (χ0) is 17.0. The van der Waals surface area contributed by atoms with Gasteiger partial charge in [0.15, 0.2) is 0 Å². The predicted molar refractivity (Wildman–Crippen MR) is 96.0 cm³/mol. The minimum absolute atomic E-state index is 0.0932. The summed E-state index contributed by atoms with van der Waals surface area (Å²) in [6, 6.07) is 9.32. The number of anilines is 1. The Morgan fingerprint density at radius 3 is 2.79 bits per heavy atom. The number of aromatic nitrogens is 2. The van der Waals surface area contributed by atoms with Crippen LogP contribution in [0.1, 0.15) is 18.4 Å². The molecular weight excluding hydrogens is 324 g/mol. The molecule has 6 nitrogen and oxygen atoms in total. The van der Waals surface area contributed by atoms with Crippen LogP contribution in [0.3, 0.4) is 0 Å². The van der Waals surface area contributed by atoms with Gasteiger partial charge in [-0.05, 0) is 24.5 Å². The van der Waals surface area contributed by atoms with Gasteiger partial charge in [0.1, 0.15) is 0 Å². The van der Waals surface area contributed by atoms with E-state index < -0.39 is 10.0 Å². The summed E-state index contributed by atoms with van der Waals surface area (Å²) >= 11 is 0. The van der Waals surface area contributed by atoms with Crippen LogP contribution in [0.25, 0.3) is 6.08 Å². The highest BCUT2D eigenvalue weighted by atomic mass is 32.2. The van der Waals surface area contributed by atoms with Crippen molar-refractivity contribution in [1.29, 1.82) is 0 Å². The van der Waals surface area contributed by atoms with Gasteiger partial charge >= 0.3 is 0 Å². The summed E-state index contributed by atoms with van der Waals surface area (Å²) in [5, 5.41) is 5.42. The number of nitrogens with zero attached hydrogens (tertiary/aromatic N) is 3. The summed E-state index contributed by atoms with van der Waals surface area (Å²) in [6.07, 6.45) is 7.17. The quantitative estimate of drug-likeness (QED) is 0.899.